The van der Waals surface area contributed by atoms with E-state index in [4.69, 9.17) is 28.3 Å². The number of benzene rings is 2. The monoisotopic (exact) mass is 299 g/mol. The van der Waals surface area contributed by atoms with Crippen molar-refractivity contribution in [2.45, 2.75) is 13.2 Å². The summed E-state index contributed by atoms with van der Waals surface area (Å²) in [7, 11) is 0. The second-order valence-corrected chi connectivity index (χ2v) is 4.89. The maximum Gasteiger partial charge on any atom is 0.126 e. The summed E-state index contributed by atoms with van der Waals surface area (Å²) < 4.78 is 13.0. The molecule has 100 valence electrons. The fourth-order valence-electron chi connectivity index (χ4n) is 1.66. The predicted octanol–water partition coefficient (Wildman–Crippen LogP) is 4.24. The summed E-state index contributed by atoms with van der Waals surface area (Å²) >= 11 is 11.9. The number of hydrogen-bond donors (Lipinski definition) is 2. The highest BCUT2D eigenvalue weighted by Gasteiger charge is 2.08. The molecule has 0 amide bonds. The molecule has 0 aliphatic heterocycles. The minimum Gasteiger partial charge on any atom is -0.392 e. The lowest BCUT2D eigenvalue weighted by atomic mass is 10.1. The zero-order valence-electron chi connectivity index (χ0n) is 9.96. The second-order valence-electron chi connectivity index (χ2n) is 4.07. The fraction of sp³-hybridized carbons (Fsp3) is 0.143. The van der Waals surface area contributed by atoms with Crippen LogP contribution in [0, 0.1) is 5.82 Å². The molecule has 2 aromatic rings. The van der Waals surface area contributed by atoms with Gasteiger partial charge in [0.2, 0.25) is 0 Å². The number of hydrogen-bond acceptors (Lipinski definition) is 2. The van der Waals surface area contributed by atoms with Crippen LogP contribution in [-0.4, -0.2) is 5.11 Å². The molecule has 0 aliphatic rings. The van der Waals surface area contributed by atoms with Crippen LogP contribution in [0.5, 0.6) is 0 Å². The lowest BCUT2D eigenvalue weighted by Gasteiger charge is -2.11. The molecule has 0 unspecified atom stereocenters. The van der Waals surface area contributed by atoms with Crippen LogP contribution < -0.4 is 5.32 Å². The molecule has 19 heavy (non-hydrogen) atoms. The average Bonchev–Trinajstić information content (AvgIpc) is 2.38. The van der Waals surface area contributed by atoms with E-state index in [9.17, 15) is 4.39 Å². The van der Waals surface area contributed by atoms with Crippen LogP contribution in [0.25, 0.3) is 0 Å². The molecule has 2 nitrogen and oxygen atoms in total. The number of halogens is 3. The second kappa shape index (κ2) is 6.24. The van der Waals surface area contributed by atoms with Crippen LogP contribution in [0.2, 0.25) is 10.0 Å². The minimum absolute atomic E-state index is 0.0172. The van der Waals surface area contributed by atoms with Crippen molar-refractivity contribution >= 4 is 28.9 Å². The Morgan fingerprint density at radius 1 is 1.00 bits per heavy atom. The van der Waals surface area contributed by atoms with E-state index < -0.39 is 5.82 Å². The van der Waals surface area contributed by atoms with Gasteiger partial charge in [0.15, 0.2) is 0 Å². The molecule has 0 aromatic heterocycles. The van der Waals surface area contributed by atoms with E-state index in [1.165, 1.54) is 12.1 Å². The maximum atomic E-state index is 13.0. The van der Waals surface area contributed by atoms with E-state index in [0.717, 1.165) is 11.1 Å². The van der Waals surface area contributed by atoms with Gasteiger partial charge in [-0.2, -0.15) is 0 Å². The largest absolute Gasteiger partial charge is 0.392 e. The van der Waals surface area contributed by atoms with Gasteiger partial charge in [-0.05, 0) is 23.3 Å². The van der Waals surface area contributed by atoms with Crippen LogP contribution in [0.1, 0.15) is 11.1 Å². The summed E-state index contributed by atoms with van der Waals surface area (Å²) in [6.45, 7) is 0.528. The van der Waals surface area contributed by atoms with Crippen molar-refractivity contribution in [2.24, 2.45) is 0 Å². The Morgan fingerprint density at radius 2 is 1.53 bits per heavy atom. The molecule has 2 rings (SSSR count). The fourth-order valence-corrected chi connectivity index (χ4v) is 2.26. The molecule has 5 heteroatoms. The highest BCUT2D eigenvalue weighted by Crippen LogP contribution is 2.31. The number of rotatable bonds is 4. The van der Waals surface area contributed by atoms with E-state index in [2.05, 4.69) is 5.32 Å². The van der Waals surface area contributed by atoms with E-state index in [-0.39, 0.29) is 16.7 Å². The third-order valence-corrected chi connectivity index (χ3v) is 3.28. The molecule has 2 N–H and O–H groups in total. The zero-order valence-corrected chi connectivity index (χ0v) is 11.5. The van der Waals surface area contributed by atoms with Gasteiger partial charge in [0.05, 0.1) is 22.3 Å². The lowest BCUT2D eigenvalue weighted by molar-refractivity contribution is 0.282. The quantitative estimate of drug-likeness (QED) is 0.885. The summed E-state index contributed by atoms with van der Waals surface area (Å²) in [4.78, 5) is 0. The minimum atomic E-state index is -0.465. The van der Waals surface area contributed by atoms with Crippen molar-refractivity contribution < 1.29 is 9.50 Å². The molecule has 0 saturated carbocycles. The average molecular weight is 300 g/mol. The van der Waals surface area contributed by atoms with Crippen LogP contribution >= 0.6 is 23.2 Å². The van der Waals surface area contributed by atoms with E-state index >= 15 is 0 Å². The predicted molar refractivity (Wildman–Crippen MR) is 76.1 cm³/mol. The molecule has 0 saturated heterocycles. The molecule has 0 spiro atoms. The van der Waals surface area contributed by atoms with E-state index in [0.29, 0.717) is 12.2 Å². The molecule has 0 fully saturated rings. The standard InChI is InChI=1S/C14H12Cl2FNO/c15-12-5-11(17)6-13(16)14(12)18-7-9-1-3-10(8-19)4-2-9/h1-6,18-19H,7-8H2. The van der Waals surface area contributed by atoms with Gasteiger partial charge < -0.3 is 10.4 Å². The van der Waals surface area contributed by atoms with Gasteiger partial charge in [-0.25, -0.2) is 4.39 Å². The van der Waals surface area contributed by atoms with Gasteiger partial charge in [0.25, 0.3) is 0 Å². The normalized spacial score (nSPS) is 10.5. The van der Waals surface area contributed by atoms with Gasteiger partial charge in [-0.15, -0.1) is 0 Å². The van der Waals surface area contributed by atoms with Crippen molar-refractivity contribution in [1.82, 2.24) is 0 Å². The van der Waals surface area contributed by atoms with Crippen LogP contribution in [0.4, 0.5) is 10.1 Å². The topological polar surface area (TPSA) is 32.3 Å². The van der Waals surface area contributed by atoms with Gasteiger partial charge in [-0.1, -0.05) is 47.5 Å². The summed E-state index contributed by atoms with van der Waals surface area (Å²) in [5.41, 5.74) is 2.37. The Balaban J connectivity index is 2.10. The number of nitrogens with one attached hydrogen (secondary N) is 1. The van der Waals surface area contributed by atoms with Gasteiger partial charge in [0, 0.05) is 6.54 Å². The Labute approximate surface area is 120 Å². The Hall–Kier alpha value is -1.29. The molecule has 0 bridgehead atoms. The van der Waals surface area contributed by atoms with Gasteiger partial charge in [0.1, 0.15) is 5.82 Å². The highest BCUT2D eigenvalue weighted by atomic mass is 35.5. The first-order chi connectivity index (χ1) is 9.10. The SMILES string of the molecule is OCc1ccc(CNc2c(Cl)cc(F)cc2Cl)cc1. The third kappa shape index (κ3) is 3.60. The Morgan fingerprint density at radius 3 is 2.05 bits per heavy atom. The van der Waals surface area contributed by atoms with Crippen LogP contribution in [0.15, 0.2) is 36.4 Å². The molecule has 2 aromatic carbocycles. The van der Waals surface area contributed by atoms with Crippen molar-refractivity contribution in [3.63, 3.8) is 0 Å². The molecular weight excluding hydrogens is 288 g/mol. The lowest BCUT2D eigenvalue weighted by Crippen LogP contribution is -2.01. The number of aliphatic hydroxyl groups is 1. The summed E-state index contributed by atoms with van der Waals surface area (Å²) in [5.74, 6) is -0.465. The summed E-state index contributed by atoms with van der Waals surface area (Å²) in [5, 5.41) is 12.5. The summed E-state index contributed by atoms with van der Waals surface area (Å²) in [6.07, 6.45) is 0. The van der Waals surface area contributed by atoms with Crippen molar-refractivity contribution in [1.29, 1.82) is 0 Å². The molecule has 0 aliphatic carbocycles. The van der Waals surface area contributed by atoms with Crippen molar-refractivity contribution in [3.05, 3.63) is 63.4 Å². The maximum absolute atomic E-state index is 13.0. The Kier molecular flexibility index (Phi) is 4.64. The molecule has 0 radical (unpaired) electrons. The number of anilines is 1. The van der Waals surface area contributed by atoms with Crippen LogP contribution in [-0.2, 0) is 13.2 Å². The molecule has 0 atom stereocenters. The number of aliphatic hydroxyl groups excluding tert-OH is 1. The van der Waals surface area contributed by atoms with Gasteiger partial charge in [-0.3, -0.25) is 0 Å². The van der Waals surface area contributed by atoms with E-state index in [1.54, 1.807) is 0 Å². The smallest absolute Gasteiger partial charge is 0.126 e. The third-order valence-electron chi connectivity index (χ3n) is 2.68. The van der Waals surface area contributed by atoms with Crippen molar-refractivity contribution in [3.8, 4) is 0 Å². The summed E-state index contributed by atoms with van der Waals surface area (Å²) in [6, 6.07) is 9.89. The first-order valence-corrected chi connectivity index (χ1v) is 6.43. The first kappa shape index (κ1) is 14.1. The van der Waals surface area contributed by atoms with Crippen molar-refractivity contribution in [2.75, 3.05) is 5.32 Å². The highest BCUT2D eigenvalue weighted by molar-refractivity contribution is 6.39. The van der Waals surface area contributed by atoms with Crippen LogP contribution in [0.3, 0.4) is 0 Å². The first-order valence-electron chi connectivity index (χ1n) is 5.67. The Bertz CT molecular complexity index is 549. The van der Waals surface area contributed by atoms with Gasteiger partial charge >= 0.3 is 0 Å². The molecule has 0 heterocycles. The van der Waals surface area contributed by atoms with E-state index in [1.807, 2.05) is 24.3 Å². The zero-order chi connectivity index (χ0) is 13.8. The molecular formula is C14H12Cl2FNO.